The fraction of sp³-hybridized carbons (Fsp3) is 0.568. The quantitative estimate of drug-likeness (QED) is 0.101. The number of rotatable bonds is 25. The van der Waals surface area contributed by atoms with Gasteiger partial charge in [0.25, 0.3) is 0 Å². The summed E-state index contributed by atoms with van der Waals surface area (Å²) in [5, 5.41) is 13.9. The number of carboxylic acids is 1. The lowest BCUT2D eigenvalue weighted by atomic mass is 9.98. The monoisotopic (exact) mass is 716 g/mol. The molecule has 3 N–H and O–H groups in total. The van der Waals surface area contributed by atoms with Crippen LogP contribution in [0.5, 0.6) is 0 Å². The van der Waals surface area contributed by atoms with Crippen LogP contribution < -0.4 is 10.6 Å². The van der Waals surface area contributed by atoms with E-state index in [1.165, 1.54) is 0 Å². The fourth-order valence-electron chi connectivity index (χ4n) is 5.22. The predicted molar refractivity (Wildman–Crippen MR) is 186 cm³/mol. The number of carbonyl (C=O) groups is 4. The number of nitrogens with one attached hydrogen (secondary N) is 2. The largest absolute Gasteiger partial charge is 0.481 e. The maximum Gasteiger partial charge on any atom is 0.407 e. The molecule has 1 atom stereocenters. The zero-order valence-electron chi connectivity index (χ0n) is 29.8. The highest BCUT2D eigenvalue weighted by Gasteiger charge is 2.30. The van der Waals surface area contributed by atoms with E-state index in [-0.39, 0.29) is 51.5 Å². The van der Waals surface area contributed by atoms with Gasteiger partial charge in [0.15, 0.2) is 0 Å². The van der Waals surface area contributed by atoms with Gasteiger partial charge in [-0.3, -0.25) is 14.4 Å². The third-order valence-electron chi connectivity index (χ3n) is 7.50. The van der Waals surface area contributed by atoms with Gasteiger partial charge in [-0.1, -0.05) is 48.5 Å². The van der Waals surface area contributed by atoms with Crippen molar-refractivity contribution in [3.8, 4) is 11.1 Å². The number of hydrogen-bond donors (Lipinski definition) is 3. The molecule has 3 rings (SSSR count). The molecular formula is C37H52N2O12. The van der Waals surface area contributed by atoms with Crippen molar-refractivity contribution < 1.29 is 57.4 Å². The minimum atomic E-state index is -1.03. The Labute approximate surface area is 299 Å². The second-order valence-electron chi connectivity index (χ2n) is 12.6. The van der Waals surface area contributed by atoms with E-state index < -0.39 is 35.6 Å². The molecule has 0 spiro atoms. The van der Waals surface area contributed by atoms with E-state index >= 15 is 0 Å². The molecule has 14 heteroatoms. The summed E-state index contributed by atoms with van der Waals surface area (Å²) in [5.41, 5.74) is 3.67. The molecule has 14 nitrogen and oxygen atoms in total. The van der Waals surface area contributed by atoms with Gasteiger partial charge in [0.2, 0.25) is 5.91 Å². The van der Waals surface area contributed by atoms with Gasteiger partial charge in [-0.25, -0.2) is 4.79 Å². The van der Waals surface area contributed by atoms with Crippen LogP contribution in [0.15, 0.2) is 48.5 Å². The number of benzene rings is 2. The van der Waals surface area contributed by atoms with Crippen molar-refractivity contribution in [1.82, 2.24) is 10.6 Å². The van der Waals surface area contributed by atoms with Crippen LogP contribution in [0.3, 0.4) is 0 Å². The molecule has 0 bridgehead atoms. The molecule has 1 aliphatic rings. The average Bonchev–Trinajstić information content (AvgIpc) is 3.41. The van der Waals surface area contributed by atoms with Crippen molar-refractivity contribution in [2.45, 2.75) is 57.6 Å². The maximum absolute atomic E-state index is 13.1. The molecule has 282 valence electrons. The van der Waals surface area contributed by atoms with Crippen LogP contribution in [-0.4, -0.2) is 120 Å². The van der Waals surface area contributed by atoms with Crippen LogP contribution in [0.1, 0.15) is 57.1 Å². The Morgan fingerprint density at radius 1 is 0.706 bits per heavy atom. The Balaban J connectivity index is 1.32. The van der Waals surface area contributed by atoms with Gasteiger partial charge >= 0.3 is 18.0 Å². The number of carboxylic acid groups (broad SMARTS) is 1. The minimum Gasteiger partial charge on any atom is -0.481 e. The van der Waals surface area contributed by atoms with Crippen molar-refractivity contribution in [3.05, 3.63) is 59.7 Å². The molecule has 0 radical (unpaired) electrons. The van der Waals surface area contributed by atoms with E-state index in [9.17, 15) is 19.2 Å². The Bertz CT molecular complexity index is 1330. The van der Waals surface area contributed by atoms with E-state index in [2.05, 4.69) is 10.6 Å². The first kappa shape index (κ1) is 41.3. The number of hydrogen-bond acceptors (Lipinski definition) is 11. The summed E-state index contributed by atoms with van der Waals surface area (Å²) in [5.74, 6) is -1.99. The summed E-state index contributed by atoms with van der Waals surface area (Å²) in [4.78, 5) is 48.8. The topological polar surface area (TPSA) is 177 Å². The lowest BCUT2D eigenvalue weighted by molar-refractivity contribution is -0.155. The number of alkyl carbamates (subject to hydrolysis) is 1. The molecule has 2 amide bonds. The fourth-order valence-corrected chi connectivity index (χ4v) is 5.22. The van der Waals surface area contributed by atoms with Crippen molar-refractivity contribution in [2.24, 2.45) is 0 Å². The SMILES string of the molecule is CC(C)(C)OC(=O)CC[C@H](NC(=O)OCC1c2ccccc2-c2ccccc21)C(=O)NCCOCCOCCOCCOCCOCCC(=O)O. The van der Waals surface area contributed by atoms with Crippen molar-refractivity contribution in [3.63, 3.8) is 0 Å². The van der Waals surface area contributed by atoms with Gasteiger partial charge in [0.05, 0.1) is 72.5 Å². The molecule has 0 heterocycles. The number of esters is 1. The number of carbonyl (C=O) groups excluding carboxylic acids is 3. The van der Waals surface area contributed by atoms with Crippen molar-refractivity contribution in [2.75, 3.05) is 79.2 Å². The molecule has 51 heavy (non-hydrogen) atoms. The van der Waals surface area contributed by atoms with Crippen LogP contribution in [0.2, 0.25) is 0 Å². The second-order valence-corrected chi connectivity index (χ2v) is 12.6. The third-order valence-corrected chi connectivity index (χ3v) is 7.50. The van der Waals surface area contributed by atoms with Gasteiger partial charge in [0, 0.05) is 18.9 Å². The number of amides is 2. The molecule has 0 saturated carbocycles. The lowest BCUT2D eigenvalue weighted by Crippen LogP contribution is -2.48. The Hall–Kier alpha value is -4.08. The summed E-state index contributed by atoms with van der Waals surface area (Å²) < 4.78 is 37.9. The zero-order chi connectivity index (χ0) is 36.9. The number of fused-ring (bicyclic) bond motifs is 3. The summed E-state index contributed by atoms with van der Waals surface area (Å²) in [7, 11) is 0. The molecule has 0 unspecified atom stereocenters. The van der Waals surface area contributed by atoms with Crippen molar-refractivity contribution in [1.29, 1.82) is 0 Å². The highest BCUT2D eigenvalue weighted by molar-refractivity contribution is 5.86. The smallest absolute Gasteiger partial charge is 0.407 e. The maximum atomic E-state index is 13.1. The molecule has 0 saturated heterocycles. The van der Waals surface area contributed by atoms with Gasteiger partial charge in [-0.2, -0.15) is 0 Å². The molecule has 0 aliphatic heterocycles. The van der Waals surface area contributed by atoms with Crippen LogP contribution >= 0.6 is 0 Å². The summed E-state index contributed by atoms with van der Waals surface area (Å²) >= 11 is 0. The van der Waals surface area contributed by atoms with Gasteiger partial charge in [-0.15, -0.1) is 0 Å². The second kappa shape index (κ2) is 22.7. The summed E-state index contributed by atoms with van der Waals surface area (Å²) in [6.07, 6.45) is -0.841. The van der Waals surface area contributed by atoms with E-state index in [4.69, 9.17) is 38.3 Å². The van der Waals surface area contributed by atoms with Crippen molar-refractivity contribution >= 4 is 23.9 Å². The normalized spacial score (nSPS) is 12.8. The highest BCUT2D eigenvalue weighted by Crippen LogP contribution is 2.44. The van der Waals surface area contributed by atoms with Crippen LogP contribution in [-0.2, 0) is 47.5 Å². The first-order valence-electron chi connectivity index (χ1n) is 17.3. The standard InChI is InChI=1S/C37H52N2O12/c1-37(2,3)51-34(42)13-12-32(39-36(44)50-26-31-29-10-6-4-8-27(29)28-9-5-7-11-30(28)31)35(43)38-15-17-46-19-21-48-23-25-49-24-22-47-20-18-45-16-14-33(40)41/h4-11,31-32H,12-26H2,1-3H3,(H,38,43)(H,39,44)(H,40,41)/t32-/m0/s1. The Kier molecular flexibility index (Phi) is 18.4. The third kappa shape index (κ3) is 16.2. The average molecular weight is 717 g/mol. The zero-order valence-corrected chi connectivity index (χ0v) is 29.8. The van der Waals surface area contributed by atoms with E-state index in [1.807, 2.05) is 48.5 Å². The first-order valence-corrected chi connectivity index (χ1v) is 17.3. The molecule has 2 aromatic rings. The van der Waals surface area contributed by atoms with E-state index in [1.54, 1.807) is 20.8 Å². The summed E-state index contributed by atoms with van der Waals surface area (Å²) in [6, 6.07) is 15.0. The van der Waals surface area contributed by atoms with E-state index in [0.717, 1.165) is 22.3 Å². The van der Waals surface area contributed by atoms with Gasteiger partial charge in [0.1, 0.15) is 18.2 Å². The highest BCUT2D eigenvalue weighted by atomic mass is 16.6. The lowest BCUT2D eigenvalue weighted by Gasteiger charge is -2.22. The summed E-state index contributed by atoms with van der Waals surface area (Å²) in [6.45, 7) is 8.79. The van der Waals surface area contributed by atoms with Crippen LogP contribution in [0.4, 0.5) is 4.79 Å². The molecule has 0 fully saturated rings. The molecule has 0 aromatic heterocycles. The molecule has 2 aromatic carbocycles. The van der Waals surface area contributed by atoms with Gasteiger partial charge in [-0.05, 0) is 49.4 Å². The number of ether oxygens (including phenoxy) is 7. The van der Waals surface area contributed by atoms with Crippen LogP contribution in [0.25, 0.3) is 11.1 Å². The molecule has 1 aliphatic carbocycles. The Morgan fingerprint density at radius 2 is 1.20 bits per heavy atom. The predicted octanol–water partition coefficient (Wildman–Crippen LogP) is 3.69. The van der Waals surface area contributed by atoms with Gasteiger partial charge < -0.3 is 48.9 Å². The first-order chi connectivity index (χ1) is 24.5. The number of aliphatic carboxylic acids is 1. The Morgan fingerprint density at radius 3 is 1.71 bits per heavy atom. The molecular weight excluding hydrogens is 664 g/mol. The minimum absolute atomic E-state index is 0.0247. The van der Waals surface area contributed by atoms with Crippen LogP contribution in [0, 0.1) is 0 Å². The van der Waals surface area contributed by atoms with E-state index in [0.29, 0.717) is 52.9 Å².